The van der Waals surface area contributed by atoms with Gasteiger partial charge in [0.2, 0.25) is 0 Å². The van der Waals surface area contributed by atoms with E-state index in [2.05, 4.69) is 25.7 Å². The third kappa shape index (κ3) is 18.0. The first-order valence-corrected chi connectivity index (χ1v) is 4.96. The molecule has 0 bridgehead atoms. The standard InChI is InChI=1S/C6H15N.C2H4Cl2/c1-4-7(5-2)6-3;1-2(3)4/h4-6H2,1-3H3;2H,1H3. The molecular weight excluding hydrogens is 181 g/mol. The fraction of sp³-hybridized carbons (Fsp3) is 1.00. The van der Waals surface area contributed by atoms with Crippen LogP contribution in [0.3, 0.4) is 0 Å². The highest BCUT2D eigenvalue weighted by molar-refractivity contribution is 6.43. The van der Waals surface area contributed by atoms with Gasteiger partial charge >= 0.3 is 0 Å². The lowest BCUT2D eigenvalue weighted by Gasteiger charge is -2.13. The summed E-state index contributed by atoms with van der Waals surface area (Å²) < 4.78 is 0. The van der Waals surface area contributed by atoms with Crippen LogP contribution >= 0.6 is 23.2 Å². The Balaban J connectivity index is 0. The largest absolute Gasteiger partial charge is 0.304 e. The lowest BCUT2D eigenvalue weighted by molar-refractivity contribution is 0.321. The topological polar surface area (TPSA) is 3.24 Å². The van der Waals surface area contributed by atoms with Crippen LogP contribution in [0.15, 0.2) is 0 Å². The second-order valence-electron chi connectivity index (χ2n) is 2.14. The summed E-state index contributed by atoms with van der Waals surface area (Å²) in [4.78, 5) is 2.15. The van der Waals surface area contributed by atoms with E-state index in [0.29, 0.717) is 0 Å². The summed E-state index contributed by atoms with van der Waals surface area (Å²) in [5, 5.41) is 0. The van der Waals surface area contributed by atoms with E-state index in [-0.39, 0.29) is 4.84 Å². The van der Waals surface area contributed by atoms with Gasteiger partial charge in [0.15, 0.2) is 0 Å². The third-order valence-electron chi connectivity index (χ3n) is 1.34. The molecule has 0 fully saturated rings. The molecule has 0 spiro atoms. The third-order valence-corrected chi connectivity index (χ3v) is 1.34. The number of halogens is 2. The first-order chi connectivity index (χ1) is 5.08. The first kappa shape index (κ1) is 14.1. The van der Waals surface area contributed by atoms with Crippen LogP contribution in [-0.4, -0.2) is 29.4 Å². The molecule has 0 aromatic heterocycles. The summed E-state index contributed by atoms with van der Waals surface area (Å²) >= 11 is 10.1. The second kappa shape index (κ2) is 10.5. The van der Waals surface area contributed by atoms with E-state index in [4.69, 9.17) is 23.2 Å². The predicted molar refractivity (Wildman–Crippen MR) is 54.6 cm³/mol. The molecule has 0 radical (unpaired) electrons. The van der Waals surface area contributed by atoms with E-state index in [0.717, 1.165) is 0 Å². The van der Waals surface area contributed by atoms with Crippen molar-refractivity contribution in [1.82, 2.24) is 4.90 Å². The molecule has 0 aliphatic heterocycles. The first-order valence-electron chi connectivity index (χ1n) is 4.08. The van der Waals surface area contributed by atoms with Crippen LogP contribution in [0, 0.1) is 0 Å². The molecule has 0 heterocycles. The second-order valence-corrected chi connectivity index (χ2v) is 3.67. The molecule has 0 amide bonds. The smallest absolute Gasteiger partial charge is 0.105 e. The molecule has 0 saturated carbocycles. The van der Waals surface area contributed by atoms with Crippen LogP contribution in [0.4, 0.5) is 0 Å². The molecule has 3 heteroatoms. The van der Waals surface area contributed by atoms with Gasteiger partial charge < -0.3 is 4.90 Å². The zero-order valence-electron chi connectivity index (χ0n) is 7.90. The number of nitrogens with zero attached hydrogens (tertiary/aromatic N) is 1. The lowest BCUT2D eigenvalue weighted by Crippen LogP contribution is -2.21. The predicted octanol–water partition coefficient (Wildman–Crippen LogP) is 3.16. The average Bonchev–Trinajstić information content (AvgIpc) is 1.90. The highest BCUT2D eigenvalue weighted by atomic mass is 35.5. The van der Waals surface area contributed by atoms with Crippen molar-refractivity contribution in [3.05, 3.63) is 0 Å². The SMILES string of the molecule is CC(Cl)Cl.CCN(CC)CC. The zero-order valence-corrected chi connectivity index (χ0v) is 9.41. The minimum Gasteiger partial charge on any atom is -0.304 e. The maximum absolute atomic E-state index is 5.04. The summed E-state index contributed by atoms with van der Waals surface area (Å²) in [6.45, 7) is 11.8. The van der Waals surface area contributed by atoms with Crippen molar-refractivity contribution in [3.63, 3.8) is 0 Å². The molecular formula is C8H19Cl2N. The van der Waals surface area contributed by atoms with Crippen molar-refractivity contribution in [2.75, 3.05) is 19.6 Å². The molecule has 11 heavy (non-hydrogen) atoms. The Labute approximate surface area is 80.7 Å². The minimum atomic E-state index is -0.222. The highest BCUT2D eigenvalue weighted by Crippen LogP contribution is 1.95. The van der Waals surface area contributed by atoms with Crippen molar-refractivity contribution in [1.29, 1.82) is 0 Å². The summed E-state index contributed by atoms with van der Waals surface area (Å²) in [7, 11) is 0. The van der Waals surface area contributed by atoms with Gasteiger partial charge in [0.1, 0.15) is 4.84 Å². The van der Waals surface area contributed by atoms with E-state index in [1.54, 1.807) is 6.92 Å². The van der Waals surface area contributed by atoms with Crippen LogP contribution in [-0.2, 0) is 0 Å². The Hall–Kier alpha value is 0.540. The van der Waals surface area contributed by atoms with Crippen molar-refractivity contribution in [2.45, 2.75) is 32.5 Å². The van der Waals surface area contributed by atoms with Crippen molar-refractivity contribution in [3.8, 4) is 0 Å². The Morgan fingerprint density at radius 2 is 1.18 bits per heavy atom. The summed E-state index contributed by atoms with van der Waals surface area (Å²) in [5.41, 5.74) is 0. The molecule has 0 aliphatic carbocycles. The molecule has 0 aromatic rings. The van der Waals surface area contributed by atoms with Gasteiger partial charge in [-0.15, -0.1) is 23.2 Å². The Bertz CT molecular complexity index is 54.8. The Morgan fingerprint density at radius 1 is 1.00 bits per heavy atom. The maximum atomic E-state index is 5.04. The summed E-state index contributed by atoms with van der Waals surface area (Å²) in [6, 6.07) is 0. The number of alkyl halides is 2. The number of hydrogen-bond donors (Lipinski definition) is 0. The molecule has 1 nitrogen and oxygen atoms in total. The summed E-state index contributed by atoms with van der Waals surface area (Å²) in [5.74, 6) is 0. The van der Waals surface area contributed by atoms with E-state index in [1.807, 2.05) is 0 Å². The van der Waals surface area contributed by atoms with Gasteiger partial charge in [-0.3, -0.25) is 0 Å². The molecule has 0 unspecified atom stereocenters. The van der Waals surface area contributed by atoms with Crippen LogP contribution in [0.2, 0.25) is 0 Å². The minimum absolute atomic E-state index is 0.222. The molecule has 70 valence electrons. The fourth-order valence-electron chi connectivity index (χ4n) is 0.671. The molecule has 0 aliphatic rings. The van der Waals surface area contributed by atoms with Crippen LogP contribution in [0.25, 0.3) is 0 Å². The van der Waals surface area contributed by atoms with E-state index >= 15 is 0 Å². The molecule has 0 rings (SSSR count). The van der Waals surface area contributed by atoms with Crippen LogP contribution < -0.4 is 0 Å². The van der Waals surface area contributed by atoms with Crippen molar-refractivity contribution >= 4 is 23.2 Å². The van der Waals surface area contributed by atoms with Gasteiger partial charge in [0, 0.05) is 0 Å². The van der Waals surface area contributed by atoms with E-state index < -0.39 is 0 Å². The van der Waals surface area contributed by atoms with Crippen molar-refractivity contribution < 1.29 is 0 Å². The van der Waals surface area contributed by atoms with Crippen LogP contribution in [0.5, 0.6) is 0 Å². The van der Waals surface area contributed by atoms with Gasteiger partial charge in [-0.2, -0.15) is 0 Å². The van der Waals surface area contributed by atoms with Gasteiger partial charge in [-0.25, -0.2) is 0 Å². The normalized spacial score (nSPS) is 9.82. The van der Waals surface area contributed by atoms with Crippen molar-refractivity contribution in [2.24, 2.45) is 0 Å². The van der Waals surface area contributed by atoms with Gasteiger partial charge in [0.05, 0.1) is 0 Å². The van der Waals surface area contributed by atoms with E-state index in [9.17, 15) is 0 Å². The lowest BCUT2D eigenvalue weighted by atomic mass is 10.5. The molecule has 0 atom stereocenters. The average molecular weight is 200 g/mol. The highest BCUT2D eigenvalue weighted by Gasteiger charge is 1.89. The Morgan fingerprint density at radius 3 is 1.18 bits per heavy atom. The van der Waals surface area contributed by atoms with Crippen LogP contribution in [0.1, 0.15) is 27.7 Å². The monoisotopic (exact) mass is 199 g/mol. The van der Waals surface area contributed by atoms with E-state index in [1.165, 1.54) is 19.6 Å². The summed E-state index contributed by atoms with van der Waals surface area (Å²) in [6.07, 6.45) is 0. The molecule has 0 aromatic carbocycles. The molecule has 0 saturated heterocycles. The van der Waals surface area contributed by atoms with Gasteiger partial charge in [0.25, 0.3) is 0 Å². The number of rotatable bonds is 3. The van der Waals surface area contributed by atoms with Gasteiger partial charge in [-0.1, -0.05) is 20.8 Å². The zero-order chi connectivity index (χ0) is 9.28. The quantitative estimate of drug-likeness (QED) is 0.632. The fourth-order valence-corrected chi connectivity index (χ4v) is 0.671. The molecule has 0 N–H and O–H groups in total. The number of hydrogen-bond acceptors (Lipinski definition) is 1. The maximum Gasteiger partial charge on any atom is 0.105 e. The van der Waals surface area contributed by atoms with Gasteiger partial charge in [-0.05, 0) is 26.6 Å². The Kier molecular flexibility index (Phi) is 13.5.